The molecule has 0 aliphatic heterocycles. The second-order valence-corrected chi connectivity index (χ2v) is 6.21. The van der Waals surface area contributed by atoms with Gasteiger partial charge in [-0.2, -0.15) is 5.10 Å². The molecule has 0 bridgehead atoms. The van der Waals surface area contributed by atoms with Crippen molar-refractivity contribution in [3.63, 3.8) is 0 Å². The molecule has 0 spiro atoms. The quantitative estimate of drug-likeness (QED) is 0.716. The molecule has 0 unspecified atom stereocenters. The maximum absolute atomic E-state index is 11.7. The second-order valence-electron chi connectivity index (χ2n) is 6.21. The molecule has 2 aromatic rings. The van der Waals surface area contributed by atoms with Crippen LogP contribution >= 0.6 is 0 Å². The molecule has 0 radical (unpaired) electrons. The van der Waals surface area contributed by atoms with Gasteiger partial charge in [-0.25, -0.2) is 9.67 Å². The predicted molar refractivity (Wildman–Crippen MR) is 87.6 cm³/mol. The highest BCUT2D eigenvalue weighted by atomic mass is 16.3. The molecular weight excluding hydrogens is 308 g/mol. The van der Waals surface area contributed by atoms with Crippen molar-refractivity contribution in [2.75, 3.05) is 7.05 Å². The molecule has 2 heterocycles. The van der Waals surface area contributed by atoms with Crippen LogP contribution in [0.3, 0.4) is 0 Å². The summed E-state index contributed by atoms with van der Waals surface area (Å²) in [6, 6.07) is 1.60. The Kier molecular flexibility index (Phi) is 4.59. The van der Waals surface area contributed by atoms with Crippen molar-refractivity contribution in [1.82, 2.24) is 25.1 Å². The van der Waals surface area contributed by atoms with E-state index in [9.17, 15) is 9.90 Å². The predicted octanol–water partition coefficient (Wildman–Crippen LogP) is -0.175. The monoisotopic (exact) mass is 330 g/mol. The number of nitrogens with one attached hydrogen (secondary N) is 1. The van der Waals surface area contributed by atoms with Crippen LogP contribution in [-0.2, 0) is 11.2 Å². The van der Waals surface area contributed by atoms with Gasteiger partial charge in [0.1, 0.15) is 5.82 Å². The molecule has 8 heteroatoms. The van der Waals surface area contributed by atoms with Crippen molar-refractivity contribution >= 4 is 5.91 Å². The molecule has 4 N–H and O–H groups in total. The van der Waals surface area contributed by atoms with Gasteiger partial charge in [0, 0.05) is 31.4 Å². The van der Waals surface area contributed by atoms with Crippen LogP contribution in [0.4, 0.5) is 0 Å². The lowest BCUT2D eigenvalue weighted by atomic mass is 10.1. The normalized spacial score (nSPS) is 23.4. The minimum atomic E-state index is -0.541. The summed E-state index contributed by atoms with van der Waals surface area (Å²) in [7, 11) is 1.58. The fourth-order valence-electron chi connectivity index (χ4n) is 3.08. The van der Waals surface area contributed by atoms with Crippen LogP contribution < -0.4 is 11.1 Å². The second kappa shape index (κ2) is 6.66. The Hall–Kier alpha value is -2.32. The molecule has 3 rings (SSSR count). The number of aryl methyl sites for hydroxylation is 1. The van der Waals surface area contributed by atoms with Crippen LogP contribution in [-0.4, -0.2) is 50.0 Å². The molecule has 1 aliphatic rings. The summed E-state index contributed by atoms with van der Waals surface area (Å²) in [6.45, 7) is 1.95. The Labute approximate surface area is 140 Å². The van der Waals surface area contributed by atoms with E-state index in [1.807, 2.05) is 13.0 Å². The van der Waals surface area contributed by atoms with E-state index in [2.05, 4.69) is 20.4 Å². The Balaban J connectivity index is 2.02. The molecule has 1 fully saturated rings. The highest BCUT2D eigenvalue weighted by Crippen LogP contribution is 2.34. The fourth-order valence-corrected chi connectivity index (χ4v) is 3.08. The van der Waals surface area contributed by atoms with Gasteiger partial charge < -0.3 is 16.2 Å². The molecule has 3 atom stereocenters. The van der Waals surface area contributed by atoms with Crippen LogP contribution in [0.15, 0.2) is 18.5 Å². The maximum atomic E-state index is 11.7. The summed E-state index contributed by atoms with van der Waals surface area (Å²) < 4.78 is 1.75. The first-order valence-corrected chi connectivity index (χ1v) is 8.00. The Morgan fingerprint density at radius 1 is 1.50 bits per heavy atom. The van der Waals surface area contributed by atoms with Gasteiger partial charge >= 0.3 is 0 Å². The minimum Gasteiger partial charge on any atom is -0.391 e. The lowest BCUT2D eigenvalue weighted by Gasteiger charge is -2.12. The standard InChI is InChI=1S/C16H22N6O2/c1-9-8-19-4-3-12(9)22-16(10-5-11(17)13(23)6-10)20-14(21-22)7-15(24)18-2/h3-4,8,10-11,13,23H,5-7,17H2,1-2H3,(H,18,24)/t10-,11+,13+/m0/s1. The van der Waals surface area contributed by atoms with E-state index in [1.165, 1.54) is 0 Å². The summed E-state index contributed by atoms with van der Waals surface area (Å²) in [5, 5.41) is 17.1. The summed E-state index contributed by atoms with van der Waals surface area (Å²) in [5.41, 5.74) is 7.77. The number of likely N-dealkylation sites (N-methyl/N-ethyl adjacent to an activating group) is 1. The smallest absolute Gasteiger partial charge is 0.227 e. The fraction of sp³-hybridized carbons (Fsp3) is 0.500. The first-order valence-electron chi connectivity index (χ1n) is 8.00. The number of nitrogens with two attached hydrogens (primary N) is 1. The van der Waals surface area contributed by atoms with Gasteiger partial charge in [-0.3, -0.25) is 9.78 Å². The first kappa shape index (κ1) is 16.5. The average Bonchev–Trinajstić information content (AvgIpc) is 3.11. The third-order valence-electron chi connectivity index (χ3n) is 4.43. The van der Waals surface area contributed by atoms with E-state index in [4.69, 9.17) is 5.73 Å². The lowest BCUT2D eigenvalue weighted by Crippen LogP contribution is -2.28. The van der Waals surface area contributed by atoms with Crippen LogP contribution in [0.5, 0.6) is 0 Å². The summed E-state index contributed by atoms with van der Waals surface area (Å²) in [4.78, 5) is 20.3. The number of pyridine rings is 1. The van der Waals surface area contributed by atoms with Gasteiger partial charge in [-0.15, -0.1) is 0 Å². The van der Waals surface area contributed by atoms with E-state index >= 15 is 0 Å². The first-order chi connectivity index (χ1) is 11.5. The molecule has 0 saturated heterocycles. The zero-order valence-electron chi connectivity index (χ0n) is 13.8. The third kappa shape index (κ3) is 3.15. The molecule has 24 heavy (non-hydrogen) atoms. The Morgan fingerprint density at radius 3 is 2.92 bits per heavy atom. The third-order valence-corrected chi connectivity index (χ3v) is 4.43. The van der Waals surface area contributed by atoms with Crippen molar-refractivity contribution < 1.29 is 9.90 Å². The number of carbonyl (C=O) groups is 1. The molecule has 0 aromatic carbocycles. The zero-order valence-corrected chi connectivity index (χ0v) is 13.8. The SMILES string of the molecule is CNC(=O)Cc1nc([C@H]2C[C@@H](N)[C@H](O)C2)n(-c2ccncc2C)n1. The number of rotatable bonds is 4. The summed E-state index contributed by atoms with van der Waals surface area (Å²) in [5.74, 6) is 1.05. The van der Waals surface area contributed by atoms with E-state index in [0.29, 0.717) is 18.7 Å². The Morgan fingerprint density at radius 2 is 2.29 bits per heavy atom. The highest BCUT2D eigenvalue weighted by Gasteiger charge is 2.35. The van der Waals surface area contributed by atoms with Gasteiger partial charge in [0.05, 0.1) is 18.2 Å². The number of aromatic nitrogens is 4. The molecule has 2 aromatic heterocycles. The van der Waals surface area contributed by atoms with Crippen LogP contribution in [0, 0.1) is 6.92 Å². The highest BCUT2D eigenvalue weighted by molar-refractivity contribution is 5.77. The number of aliphatic hydroxyl groups is 1. The maximum Gasteiger partial charge on any atom is 0.227 e. The molecule has 128 valence electrons. The Bertz CT molecular complexity index is 734. The molecule has 8 nitrogen and oxygen atoms in total. The summed E-state index contributed by atoms with van der Waals surface area (Å²) >= 11 is 0. The van der Waals surface area contributed by atoms with E-state index in [-0.39, 0.29) is 24.3 Å². The van der Waals surface area contributed by atoms with E-state index < -0.39 is 6.10 Å². The molecule has 1 amide bonds. The molecule has 1 aliphatic carbocycles. The largest absolute Gasteiger partial charge is 0.391 e. The van der Waals surface area contributed by atoms with Crippen molar-refractivity contribution in [2.45, 2.75) is 44.2 Å². The van der Waals surface area contributed by atoms with Gasteiger partial charge in [0.2, 0.25) is 5.91 Å². The number of amides is 1. The zero-order chi connectivity index (χ0) is 17.3. The van der Waals surface area contributed by atoms with Crippen molar-refractivity contribution in [3.8, 4) is 5.69 Å². The average molecular weight is 330 g/mol. The molecule has 1 saturated carbocycles. The van der Waals surface area contributed by atoms with Gasteiger partial charge in [0.15, 0.2) is 5.82 Å². The van der Waals surface area contributed by atoms with E-state index in [0.717, 1.165) is 17.1 Å². The van der Waals surface area contributed by atoms with E-state index in [1.54, 1.807) is 24.1 Å². The topological polar surface area (TPSA) is 119 Å². The van der Waals surface area contributed by atoms with Crippen LogP contribution in [0.2, 0.25) is 0 Å². The minimum absolute atomic E-state index is 0.00787. The number of hydrogen-bond acceptors (Lipinski definition) is 6. The number of nitrogens with zero attached hydrogens (tertiary/aromatic N) is 4. The number of hydrogen-bond donors (Lipinski definition) is 3. The van der Waals surface area contributed by atoms with Gasteiger partial charge in [-0.1, -0.05) is 0 Å². The number of carbonyl (C=O) groups excluding carboxylic acids is 1. The van der Waals surface area contributed by atoms with Gasteiger partial charge in [0.25, 0.3) is 0 Å². The van der Waals surface area contributed by atoms with Crippen molar-refractivity contribution in [3.05, 3.63) is 35.7 Å². The van der Waals surface area contributed by atoms with Crippen molar-refractivity contribution in [1.29, 1.82) is 0 Å². The van der Waals surface area contributed by atoms with Gasteiger partial charge in [-0.05, 0) is 31.4 Å². The number of aliphatic hydroxyl groups excluding tert-OH is 1. The lowest BCUT2D eigenvalue weighted by molar-refractivity contribution is -0.120. The van der Waals surface area contributed by atoms with Crippen LogP contribution in [0.1, 0.15) is 36.0 Å². The summed E-state index contributed by atoms with van der Waals surface area (Å²) in [6.07, 6.45) is 4.21. The van der Waals surface area contributed by atoms with Crippen LogP contribution in [0.25, 0.3) is 5.69 Å². The van der Waals surface area contributed by atoms with Crippen molar-refractivity contribution in [2.24, 2.45) is 5.73 Å². The molecular formula is C16H22N6O2.